The maximum atomic E-state index is 5.35. The maximum Gasteiger partial charge on any atom is 0.145 e. The number of rotatable bonds is 6. The summed E-state index contributed by atoms with van der Waals surface area (Å²) in [4.78, 5) is 29.9. The Labute approximate surface area is 333 Å². The minimum atomic E-state index is 0.767. The van der Waals surface area contributed by atoms with E-state index in [1.807, 2.05) is 48.8 Å². The molecule has 0 spiro atoms. The van der Waals surface area contributed by atoms with Crippen LogP contribution in [0.3, 0.4) is 0 Å². The number of benzene rings is 6. The zero-order chi connectivity index (χ0) is 38.4. The van der Waals surface area contributed by atoms with Crippen molar-refractivity contribution >= 4 is 44.9 Å². The Morgan fingerprint density at radius 2 is 0.724 bits per heavy atom. The van der Waals surface area contributed by atoms with Crippen molar-refractivity contribution in [1.82, 2.24) is 29.1 Å². The SMILES string of the molecule is c1ccc(-n2c(-c3ccc(/C4=N/c5ccncc5/C(c5ccc(-c6nc7ccccc7n6-c6ccccc6)cc5)=N\c5ccncc54)cc3)nc3ccccc32)cc1. The lowest BCUT2D eigenvalue weighted by Gasteiger charge is -2.18. The topological polar surface area (TPSA) is 86.1 Å². The summed E-state index contributed by atoms with van der Waals surface area (Å²) in [7, 11) is 0. The fraction of sp³-hybridized carbons (Fsp3) is 0. The van der Waals surface area contributed by atoms with Crippen molar-refractivity contribution in [3.8, 4) is 34.2 Å². The van der Waals surface area contributed by atoms with Crippen LogP contribution in [0.1, 0.15) is 22.3 Å². The van der Waals surface area contributed by atoms with Gasteiger partial charge in [-0.2, -0.15) is 0 Å². The monoisotopic (exact) mass is 744 g/mol. The molecule has 0 unspecified atom stereocenters. The van der Waals surface area contributed by atoms with Crippen LogP contribution in [-0.2, 0) is 0 Å². The van der Waals surface area contributed by atoms with Crippen LogP contribution in [0.15, 0.2) is 205 Å². The molecule has 0 atom stereocenters. The molecule has 0 bridgehead atoms. The van der Waals surface area contributed by atoms with Gasteiger partial charge in [-0.1, -0.05) is 109 Å². The molecule has 0 saturated carbocycles. The number of hydrogen-bond acceptors (Lipinski definition) is 6. The van der Waals surface area contributed by atoms with E-state index < -0.39 is 0 Å². The average molecular weight is 745 g/mol. The molecule has 0 saturated heterocycles. The minimum Gasteiger partial charge on any atom is -0.292 e. The summed E-state index contributed by atoms with van der Waals surface area (Å²) in [6, 6.07) is 57.9. The van der Waals surface area contributed by atoms with Crippen LogP contribution in [0.5, 0.6) is 0 Å². The summed E-state index contributed by atoms with van der Waals surface area (Å²) >= 11 is 0. The van der Waals surface area contributed by atoms with Crippen molar-refractivity contribution in [3.05, 3.63) is 217 Å². The van der Waals surface area contributed by atoms with Gasteiger partial charge in [0.15, 0.2) is 0 Å². The van der Waals surface area contributed by atoms with Crippen LogP contribution < -0.4 is 0 Å². The number of nitrogens with zero attached hydrogens (tertiary/aromatic N) is 8. The predicted molar refractivity (Wildman–Crippen MR) is 232 cm³/mol. The van der Waals surface area contributed by atoms with E-state index in [-0.39, 0.29) is 0 Å². The van der Waals surface area contributed by atoms with Gasteiger partial charge in [-0.3, -0.25) is 19.1 Å². The first kappa shape index (κ1) is 33.3. The zero-order valence-corrected chi connectivity index (χ0v) is 31.1. The van der Waals surface area contributed by atoms with Crippen LogP contribution in [-0.4, -0.2) is 40.5 Å². The zero-order valence-electron chi connectivity index (χ0n) is 31.1. The lowest BCUT2D eigenvalue weighted by molar-refractivity contribution is 1.10. The smallest absolute Gasteiger partial charge is 0.145 e. The molecule has 5 heterocycles. The Hall–Kier alpha value is -8.10. The van der Waals surface area contributed by atoms with Gasteiger partial charge in [-0.05, 0) is 60.7 Å². The largest absolute Gasteiger partial charge is 0.292 e. The van der Waals surface area contributed by atoms with Gasteiger partial charge < -0.3 is 0 Å². The van der Waals surface area contributed by atoms with Gasteiger partial charge >= 0.3 is 0 Å². The summed E-state index contributed by atoms with van der Waals surface area (Å²) in [5.74, 6) is 1.74. The first-order valence-corrected chi connectivity index (χ1v) is 19.1. The van der Waals surface area contributed by atoms with Gasteiger partial charge in [0.05, 0.1) is 44.9 Å². The van der Waals surface area contributed by atoms with Crippen LogP contribution in [0.25, 0.3) is 56.2 Å². The van der Waals surface area contributed by atoms with Crippen LogP contribution >= 0.6 is 0 Å². The first-order valence-electron chi connectivity index (χ1n) is 19.1. The van der Waals surface area contributed by atoms with Crippen molar-refractivity contribution in [2.24, 2.45) is 9.98 Å². The Morgan fingerprint density at radius 1 is 0.345 bits per heavy atom. The number of fused-ring (bicyclic) bond motifs is 4. The molecule has 1 aliphatic rings. The standard InChI is InChI=1S/C50H32N8/c1-3-11-37(12-4-1)57-45-17-9-7-15-43(45)55-49(57)35-23-19-33(20-24-35)47-39-31-51-29-27-41(39)54-48(40-32-52-30-28-42(40)53-47)34-21-25-36(26-22-34)50-56-44-16-8-10-18-46(44)58(50)38-13-5-2-6-14-38/h1-32H/b47-39?,48-40?,53-42?,53-47-,54-41?,54-48-. The van der Waals surface area contributed by atoms with Gasteiger partial charge in [0.25, 0.3) is 0 Å². The first-order chi connectivity index (χ1) is 28.8. The van der Waals surface area contributed by atoms with E-state index in [0.717, 1.165) is 101 Å². The number of para-hydroxylation sites is 6. The second-order valence-corrected chi connectivity index (χ2v) is 14.1. The summed E-state index contributed by atoms with van der Waals surface area (Å²) < 4.78 is 4.42. The number of aliphatic imine (C=N–C) groups is 2. The molecule has 10 aromatic rings. The maximum absolute atomic E-state index is 5.35. The molecule has 0 N–H and O–H groups in total. The molecule has 11 rings (SSSR count). The van der Waals surface area contributed by atoms with E-state index in [0.29, 0.717) is 0 Å². The molecule has 0 radical (unpaired) electrons. The third kappa shape index (κ3) is 5.70. The van der Waals surface area contributed by atoms with Gasteiger partial charge in [0.1, 0.15) is 11.6 Å². The summed E-state index contributed by atoms with van der Waals surface area (Å²) in [5, 5.41) is 0. The third-order valence-corrected chi connectivity index (χ3v) is 10.6. The molecule has 1 aliphatic heterocycles. The molecule has 6 aromatic carbocycles. The predicted octanol–water partition coefficient (Wildman–Crippen LogP) is 11.1. The molecule has 0 amide bonds. The van der Waals surface area contributed by atoms with Gasteiger partial charge in [-0.15, -0.1) is 0 Å². The highest BCUT2D eigenvalue weighted by atomic mass is 15.1. The Bertz CT molecular complexity index is 2980. The average Bonchev–Trinajstić information content (AvgIpc) is 3.88. The molecular weight excluding hydrogens is 713 g/mol. The lowest BCUT2D eigenvalue weighted by Crippen LogP contribution is -2.11. The number of aromatic nitrogens is 6. The Balaban J connectivity index is 0.992. The van der Waals surface area contributed by atoms with E-state index in [4.69, 9.17) is 20.0 Å². The fourth-order valence-corrected chi connectivity index (χ4v) is 7.81. The van der Waals surface area contributed by atoms with Crippen LogP contribution in [0.4, 0.5) is 11.4 Å². The van der Waals surface area contributed by atoms with Gasteiger partial charge in [0.2, 0.25) is 0 Å². The van der Waals surface area contributed by atoms with E-state index in [9.17, 15) is 0 Å². The van der Waals surface area contributed by atoms with Crippen molar-refractivity contribution in [3.63, 3.8) is 0 Å². The lowest BCUT2D eigenvalue weighted by atomic mass is 9.97. The molecule has 0 aliphatic carbocycles. The molecule has 8 nitrogen and oxygen atoms in total. The van der Waals surface area contributed by atoms with E-state index in [1.54, 1.807) is 12.4 Å². The highest BCUT2D eigenvalue weighted by Gasteiger charge is 2.22. The molecule has 8 heteroatoms. The van der Waals surface area contributed by atoms with E-state index in [2.05, 4.69) is 153 Å². The summed E-state index contributed by atoms with van der Waals surface area (Å²) in [6.45, 7) is 0. The summed E-state index contributed by atoms with van der Waals surface area (Å²) in [6.07, 6.45) is 7.25. The van der Waals surface area contributed by atoms with Gasteiger partial charge in [0, 0.05) is 69.5 Å². The van der Waals surface area contributed by atoms with Gasteiger partial charge in [-0.25, -0.2) is 20.0 Å². The molecule has 4 aromatic heterocycles. The van der Waals surface area contributed by atoms with Crippen LogP contribution in [0.2, 0.25) is 0 Å². The Morgan fingerprint density at radius 3 is 1.16 bits per heavy atom. The number of hydrogen-bond donors (Lipinski definition) is 0. The Kier molecular flexibility index (Phi) is 7.96. The molecular formula is C50H32N8. The van der Waals surface area contributed by atoms with Crippen molar-refractivity contribution in [2.75, 3.05) is 0 Å². The number of imidazole rings is 2. The second-order valence-electron chi connectivity index (χ2n) is 14.1. The van der Waals surface area contributed by atoms with Crippen LogP contribution in [0, 0.1) is 0 Å². The third-order valence-electron chi connectivity index (χ3n) is 10.6. The minimum absolute atomic E-state index is 0.767. The van der Waals surface area contributed by atoms with Crippen molar-refractivity contribution in [1.29, 1.82) is 0 Å². The highest BCUT2D eigenvalue weighted by molar-refractivity contribution is 6.22. The molecule has 0 fully saturated rings. The fourth-order valence-electron chi connectivity index (χ4n) is 7.81. The second kappa shape index (κ2) is 13.9. The van der Waals surface area contributed by atoms with E-state index >= 15 is 0 Å². The normalized spacial score (nSPS) is 14.1. The number of pyridine rings is 2. The molecule has 272 valence electrons. The summed E-state index contributed by atoms with van der Waals surface area (Å²) in [5.41, 5.74) is 14.7. The van der Waals surface area contributed by atoms with Crippen molar-refractivity contribution in [2.45, 2.75) is 0 Å². The van der Waals surface area contributed by atoms with Crippen molar-refractivity contribution < 1.29 is 0 Å². The molecule has 58 heavy (non-hydrogen) atoms. The highest BCUT2D eigenvalue weighted by Crippen LogP contribution is 2.35. The van der Waals surface area contributed by atoms with E-state index in [1.165, 1.54) is 0 Å². The quantitative estimate of drug-likeness (QED) is 0.170.